The van der Waals surface area contributed by atoms with Gasteiger partial charge in [-0.05, 0) is 247 Å². The first-order valence-electron chi connectivity index (χ1n) is 32.3. The molecule has 2 atom stereocenters. The highest BCUT2D eigenvalue weighted by molar-refractivity contribution is 6.03. The maximum absolute atomic E-state index is 2.59. The molecule has 8 bridgehead atoms. The van der Waals surface area contributed by atoms with Gasteiger partial charge in [0.25, 0.3) is 0 Å². The first-order valence-corrected chi connectivity index (χ1v) is 32.3. The molecule has 0 N–H and O–H groups in total. The van der Waals surface area contributed by atoms with Gasteiger partial charge in [-0.2, -0.15) is 0 Å². The van der Waals surface area contributed by atoms with E-state index in [1.807, 2.05) is 0 Å². The number of hydrogen-bond acceptors (Lipinski definition) is 2. The molecular formula is C88H66N2. The maximum Gasteiger partial charge on any atom is 0.0726 e. The molecule has 2 heterocycles. The Morgan fingerprint density at radius 3 is 1.04 bits per heavy atom. The van der Waals surface area contributed by atoms with E-state index in [0.717, 1.165) is 24.2 Å². The summed E-state index contributed by atoms with van der Waals surface area (Å²) in [5, 5.41) is 0. The van der Waals surface area contributed by atoms with Crippen LogP contribution in [0.5, 0.6) is 0 Å². The third kappa shape index (κ3) is 7.11. The molecule has 0 aromatic heterocycles. The van der Waals surface area contributed by atoms with Crippen LogP contribution in [0.4, 0.5) is 34.1 Å². The van der Waals surface area contributed by atoms with Crippen LogP contribution >= 0.6 is 0 Å². The largest absolute Gasteiger partial charge is 0.309 e. The smallest absolute Gasteiger partial charge is 0.0726 e. The molecule has 12 aromatic carbocycles. The topological polar surface area (TPSA) is 6.48 Å². The Labute approximate surface area is 528 Å². The van der Waals surface area contributed by atoms with Gasteiger partial charge in [0.1, 0.15) is 0 Å². The Kier molecular flexibility index (Phi) is 10.5. The van der Waals surface area contributed by atoms with Crippen LogP contribution in [0.2, 0.25) is 0 Å². The van der Waals surface area contributed by atoms with Crippen molar-refractivity contribution in [2.24, 2.45) is 10.8 Å². The molecule has 2 aliphatic heterocycles. The maximum atomic E-state index is 2.59. The Hall–Kier alpha value is -10.3. The molecule has 2 heteroatoms. The first-order chi connectivity index (χ1) is 43.8. The van der Waals surface area contributed by atoms with Gasteiger partial charge in [0, 0.05) is 11.4 Å². The minimum Gasteiger partial charge on any atom is -0.309 e. The number of fused-ring (bicyclic) bond motifs is 18. The SMILES string of the molecule is CC(C)(C)Cc1ccc2c(c1)C=Cc1ccccc1N2c1ccc2c(c1)C13c4ccccc4-c4ccc(cc41)-c1ccc4c(c1)C1(c5ccccc5-4)c4cc(ccc4-c4ccc(N5c6ccccc6C=Cc6ccc(CC(C)(C)C)cc65)cc41)-c1ccc-2c3c1. The van der Waals surface area contributed by atoms with Crippen LogP contribution in [-0.4, -0.2) is 0 Å². The Morgan fingerprint density at radius 2 is 0.589 bits per heavy atom. The minimum absolute atomic E-state index is 0.134. The van der Waals surface area contributed by atoms with Crippen molar-refractivity contribution in [3.63, 3.8) is 0 Å². The summed E-state index contributed by atoms with van der Waals surface area (Å²) in [5.74, 6) is 0. The van der Waals surface area contributed by atoms with Crippen LogP contribution in [0.25, 0.3) is 91.1 Å². The van der Waals surface area contributed by atoms with Crippen molar-refractivity contribution in [1.29, 1.82) is 0 Å². The average Bonchev–Trinajstić information content (AvgIpc) is 1.51. The van der Waals surface area contributed by atoms with E-state index in [9.17, 15) is 0 Å². The second-order valence-electron chi connectivity index (χ2n) is 28.8. The highest BCUT2D eigenvalue weighted by Crippen LogP contribution is 2.67. The summed E-state index contributed by atoms with van der Waals surface area (Å²) in [4.78, 5) is 5.08. The second-order valence-corrected chi connectivity index (χ2v) is 28.8. The van der Waals surface area contributed by atoms with E-state index in [4.69, 9.17) is 0 Å². The zero-order chi connectivity index (χ0) is 60.2. The van der Waals surface area contributed by atoms with Gasteiger partial charge >= 0.3 is 0 Å². The highest BCUT2D eigenvalue weighted by Gasteiger charge is 2.55. The van der Waals surface area contributed by atoms with E-state index < -0.39 is 10.8 Å². The molecular weight excluding hydrogens is 1080 g/mol. The molecule has 0 saturated heterocycles. The van der Waals surface area contributed by atoms with E-state index in [2.05, 4.69) is 318 Å². The molecule has 5 aliphatic carbocycles. The summed E-state index contributed by atoms with van der Waals surface area (Å²) in [7, 11) is 0. The minimum atomic E-state index is -0.627. The molecule has 2 unspecified atom stereocenters. The molecule has 0 radical (unpaired) electrons. The van der Waals surface area contributed by atoms with Crippen molar-refractivity contribution >= 4 is 58.4 Å². The summed E-state index contributed by atoms with van der Waals surface area (Å²) in [6.07, 6.45) is 11.2. The van der Waals surface area contributed by atoms with E-state index >= 15 is 0 Å². The van der Waals surface area contributed by atoms with Gasteiger partial charge in [0.15, 0.2) is 0 Å². The number of benzene rings is 12. The standard InChI is InChI=1S/C88H66N2/c1-85(2,3)51-53-24-42-83-62(43-53)29-28-56-16-7-13-21-81(56)89(83)63-34-40-71-69-38-32-60-47-77(69)87(79(71)49-63)73-19-11-9-17-65(73)67-36-30-58(45-75(67)87)59-31-37-68-66-18-10-12-20-74(66)88(76(68)46-59)78-48-61(60)33-39-70(78)72-41-35-64(50-80(72)88)90-82-22-14-8-15-55(82)26-27-57-25-23-54(44-84(57)90)52-86(4,5)6/h7-50H,51-52H2,1-6H3. The molecule has 0 saturated carbocycles. The fourth-order valence-corrected chi connectivity index (χ4v) is 17.5. The molecule has 12 aromatic rings. The molecule has 0 amide bonds. The molecule has 0 fully saturated rings. The number of rotatable bonds is 4. The van der Waals surface area contributed by atoms with Gasteiger partial charge in [-0.25, -0.2) is 0 Å². The lowest BCUT2D eigenvalue weighted by atomic mass is 9.68. The van der Waals surface area contributed by atoms with Crippen molar-refractivity contribution in [2.75, 3.05) is 9.80 Å². The summed E-state index contributed by atoms with van der Waals surface area (Å²) in [6.45, 7) is 14.0. The van der Waals surface area contributed by atoms with Gasteiger partial charge in [-0.1, -0.05) is 230 Å². The quantitative estimate of drug-likeness (QED) is 0.173. The molecule has 7 aliphatic rings. The highest BCUT2D eigenvalue weighted by atomic mass is 15.2. The zero-order valence-corrected chi connectivity index (χ0v) is 51.7. The third-order valence-electron chi connectivity index (χ3n) is 20.9. The molecule has 2 nitrogen and oxygen atoms in total. The van der Waals surface area contributed by atoms with E-state index in [-0.39, 0.29) is 10.8 Å². The predicted octanol–water partition coefficient (Wildman–Crippen LogP) is 23.1. The second kappa shape index (κ2) is 18.2. The van der Waals surface area contributed by atoms with Crippen molar-refractivity contribution in [2.45, 2.75) is 65.2 Å². The number of anilines is 6. The molecule has 90 heavy (non-hydrogen) atoms. The van der Waals surface area contributed by atoms with Gasteiger partial charge in [0.2, 0.25) is 0 Å². The lowest BCUT2D eigenvalue weighted by Crippen LogP contribution is -2.27. The molecule has 19 rings (SSSR count). The number of hydrogen-bond donors (Lipinski definition) is 0. The molecule has 2 spiro atoms. The van der Waals surface area contributed by atoms with Crippen molar-refractivity contribution < 1.29 is 0 Å². The number of para-hydroxylation sites is 2. The number of nitrogens with zero attached hydrogens (tertiary/aromatic N) is 2. The first kappa shape index (κ1) is 51.7. The monoisotopic (exact) mass is 1150 g/mol. The fourth-order valence-electron chi connectivity index (χ4n) is 17.5. The Morgan fingerprint density at radius 1 is 0.256 bits per heavy atom. The normalized spacial score (nSPS) is 17.3. The van der Waals surface area contributed by atoms with Gasteiger partial charge in [-0.3, -0.25) is 0 Å². The zero-order valence-electron chi connectivity index (χ0n) is 51.7. The fraction of sp³-hybridized carbons (Fsp3) is 0.136. The third-order valence-corrected chi connectivity index (χ3v) is 20.9. The van der Waals surface area contributed by atoms with Gasteiger partial charge < -0.3 is 9.80 Å². The summed E-state index contributed by atoms with van der Waals surface area (Å²) in [6, 6.07) is 95.4. The van der Waals surface area contributed by atoms with Crippen molar-refractivity contribution in [3.8, 4) is 66.8 Å². The van der Waals surface area contributed by atoms with Gasteiger partial charge in [-0.15, -0.1) is 0 Å². The molecule has 428 valence electrons. The van der Waals surface area contributed by atoms with Crippen LogP contribution in [0.15, 0.2) is 243 Å². The predicted molar refractivity (Wildman–Crippen MR) is 377 cm³/mol. The van der Waals surface area contributed by atoms with Crippen molar-refractivity contribution in [1.82, 2.24) is 0 Å². The Bertz CT molecular complexity index is 5210. The summed E-state index contributed by atoms with van der Waals surface area (Å²) in [5.41, 5.74) is 39.5. The van der Waals surface area contributed by atoms with Crippen LogP contribution in [0.1, 0.15) is 119 Å². The Balaban J connectivity index is 0.853. The summed E-state index contributed by atoms with van der Waals surface area (Å²) >= 11 is 0. The van der Waals surface area contributed by atoms with Crippen molar-refractivity contribution in [3.05, 3.63) is 321 Å². The lowest BCUT2D eigenvalue weighted by Gasteiger charge is -2.34. The van der Waals surface area contributed by atoms with E-state index in [1.165, 1.54) is 167 Å². The van der Waals surface area contributed by atoms with E-state index in [1.54, 1.807) is 0 Å². The van der Waals surface area contributed by atoms with Crippen LogP contribution in [0.3, 0.4) is 0 Å². The summed E-state index contributed by atoms with van der Waals surface area (Å²) < 4.78 is 0. The lowest BCUT2D eigenvalue weighted by molar-refractivity contribution is 0.411. The van der Waals surface area contributed by atoms with Crippen LogP contribution in [-0.2, 0) is 23.7 Å². The van der Waals surface area contributed by atoms with Crippen LogP contribution < -0.4 is 9.80 Å². The van der Waals surface area contributed by atoms with Gasteiger partial charge in [0.05, 0.1) is 33.6 Å². The van der Waals surface area contributed by atoms with E-state index in [0.29, 0.717) is 0 Å². The van der Waals surface area contributed by atoms with Crippen LogP contribution in [0, 0.1) is 10.8 Å². The average molecular weight is 1150 g/mol.